The van der Waals surface area contributed by atoms with Gasteiger partial charge in [0, 0.05) is 18.3 Å². The topological polar surface area (TPSA) is 63.2 Å². The number of likely N-dealkylation sites (N-methyl/N-ethyl adjacent to an activating group) is 1. The van der Waals surface area contributed by atoms with Crippen molar-refractivity contribution in [3.63, 3.8) is 0 Å². The Balaban J connectivity index is 1.58. The lowest BCUT2D eigenvalue weighted by Crippen LogP contribution is -2.42. The molecule has 6 nitrogen and oxygen atoms in total. The minimum Gasteiger partial charge on any atom is -0.497 e. The molecule has 0 saturated carbocycles. The van der Waals surface area contributed by atoms with Gasteiger partial charge in [0.1, 0.15) is 11.5 Å². The molecule has 0 aliphatic carbocycles. The number of carbonyl (C=O) groups excluding carboxylic acids is 1. The molecule has 0 aromatic heterocycles. The van der Waals surface area contributed by atoms with E-state index in [1.165, 1.54) is 16.8 Å². The van der Waals surface area contributed by atoms with Crippen molar-refractivity contribution in [2.45, 2.75) is 26.3 Å². The number of nitrogens with zero attached hydrogens (tertiary/aromatic N) is 2. The van der Waals surface area contributed by atoms with E-state index in [1.54, 1.807) is 37.6 Å². The van der Waals surface area contributed by atoms with Crippen LogP contribution >= 0.6 is 0 Å². The van der Waals surface area contributed by atoms with E-state index in [0.717, 1.165) is 11.3 Å². The summed E-state index contributed by atoms with van der Waals surface area (Å²) in [6.07, 6.45) is 3.90. The first-order valence-electron chi connectivity index (χ1n) is 9.46. The van der Waals surface area contributed by atoms with Gasteiger partial charge in [-0.25, -0.2) is 5.43 Å². The predicted molar refractivity (Wildman–Crippen MR) is 117 cm³/mol. The molecule has 1 amide bonds. The number of hydrogen-bond acceptors (Lipinski definition) is 5. The van der Waals surface area contributed by atoms with Gasteiger partial charge in [-0.2, -0.15) is 5.10 Å². The van der Waals surface area contributed by atoms with E-state index >= 15 is 0 Å². The molecule has 1 aliphatic rings. The summed E-state index contributed by atoms with van der Waals surface area (Å²) in [4.78, 5) is 14.2. The minimum atomic E-state index is -0.326. The average molecular weight is 393 g/mol. The number of hydrazone groups is 1. The largest absolute Gasteiger partial charge is 0.497 e. The molecular weight excluding hydrogens is 366 g/mol. The summed E-state index contributed by atoms with van der Waals surface area (Å²) in [5.74, 6) is 0.998. The Bertz CT molecular complexity index is 946. The first-order valence-corrected chi connectivity index (χ1v) is 9.46. The average Bonchev–Trinajstić information content (AvgIpc) is 2.71. The predicted octanol–water partition coefficient (Wildman–Crippen LogP) is 3.86. The van der Waals surface area contributed by atoms with E-state index in [4.69, 9.17) is 9.47 Å². The van der Waals surface area contributed by atoms with Gasteiger partial charge in [-0.05, 0) is 68.3 Å². The molecule has 3 rings (SSSR count). The second-order valence-electron chi connectivity index (χ2n) is 7.57. The second kappa shape index (κ2) is 8.39. The molecule has 29 heavy (non-hydrogen) atoms. The van der Waals surface area contributed by atoms with Crippen LogP contribution in [0.2, 0.25) is 0 Å². The zero-order chi connectivity index (χ0) is 21.0. The van der Waals surface area contributed by atoms with Crippen molar-refractivity contribution in [2.75, 3.05) is 25.7 Å². The van der Waals surface area contributed by atoms with Gasteiger partial charge in [0.15, 0.2) is 6.61 Å². The number of ether oxygens (including phenoxy) is 2. The highest BCUT2D eigenvalue weighted by Crippen LogP contribution is 2.37. The molecule has 1 aliphatic heterocycles. The summed E-state index contributed by atoms with van der Waals surface area (Å²) >= 11 is 0. The monoisotopic (exact) mass is 393 g/mol. The Morgan fingerprint density at radius 2 is 1.86 bits per heavy atom. The second-order valence-corrected chi connectivity index (χ2v) is 7.57. The van der Waals surface area contributed by atoms with E-state index in [1.807, 2.05) is 6.07 Å². The van der Waals surface area contributed by atoms with Crippen LogP contribution in [0.5, 0.6) is 11.5 Å². The fourth-order valence-corrected chi connectivity index (χ4v) is 3.29. The van der Waals surface area contributed by atoms with E-state index in [-0.39, 0.29) is 18.1 Å². The molecule has 2 aromatic rings. The number of nitrogens with one attached hydrogen (secondary N) is 1. The van der Waals surface area contributed by atoms with Crippen molar-refractivity contribution in [1.29, 1.82) is 0 Å². The maximum atomic E-state index is 11.9. The zero-order valence-electron chi connectivity index (χ0n) is 17.5. The molecule has 0 atom stereocenters. The summed E-state index contributed by atoms with van der Waals surface area (Å²) in [5.41, 5.74) is 6.97. The maximum Gasteiger partial charge on any atom is 0.277 e. The summed E-state index contributed by atoms with van der Waals surface area (Å²) in [6.45, 7) is 6.39. The molecule has 6 heteroatoms. The number of allylic oxidation sites excluding steroid dienone is 1. The molecule has 152 valence electrons. The third-order valence-electron chi connectivity index (χ3n) is 5.07. The van der Waals surface area contributed by atoms with Gasteiger partial charge in [-0.1, -0.05) is 12.1 Å². The van der Waals surface area contributed by atoms with Crippen LogP contribution < -0.4 is 19.8 Å². The normalized spacial score (nSPS) is 14.9. The number of benzene rings is 2. The standard InChI is InChI=1S/C23H27N3O3/c1-16-13-23(2,3)26(4)21-11-6-17(12-20(16)21)14-24-25-22(27)15-29-19-9-7-18(28-5)8-10-19/h6-14H,15H2,1-5H3,(H,25,27)/b24-14-. The Kier molecular flexibility index (Phi) is 5.92. The number of amides is 1. The summed E-state index contributed by atoms with van der Waals surface area (Å²) in [7, 11) is 3.69. The summed E-state index contributed by atoms with van der Waals surface area (Å²) in [5, 5.41) is 4.05. The number of carbonyl (C=O) groups is 1. The van der Waals surface area contributed by atoms with E-state index in [0.29, 0.717) is 5.75 Å². The first-order chi connectivity index (χ1) is 13.8. The van der Waals surface area contributed by atoms with Gasteiger partial charge in [-0.3, -0.25) is 4.79 Å². The van der Waals surface area contributed by atoms with Gasteiger partial charge in [0.2, 0.25) is 0 Å². The number of hydrogen-bond donors (Lipinski definition) is 1. The van der Waals surface area contributed by atoms with Crippen LogP contribution in [-0.2, 0) is 4.79 Å². The third-order valence-corrected chi connectivity index (χ3v) is 5.07. The van der Waals surface area contributed by atoms with Crippen molar-refractivity contribution in [2.24, 2.45) is 5.10 Å². The molecule has 0 radical (unpaired) electrons. The van der Waals surface area contributed by atoms with Gasteiger partial charge in [0.05, 0.1) is 18.9 Å². The van der Waals surface area contributed by atoms with Crippen molar-refractivity contribution in [3.8, 4) is 11.5 Å². The summed E-state index contributed by atoms with van der Waals surface area (Å²) < 4.78 is 10.5. The van der Waals surface area contributed by atoms with Crippen molar-refractivity contribution in [1.82, 2.24) is 5.43 Å². The van der Waals surface area contributed by atoms with Gasteiger partial charge >= 0.3 is 0 Å². The number of methoxy groups -OCH3 is 1. The van der Waals surface area contributed by atoms with Crippen LogP contribution in [0.1, 0.15) is 31.9 Å². The molecule has 0 spiro atoms. The Labute approximate surface area is 171 Å². The molecule has 1 heterocycles. The highest BCUT2D eigenvalue weighted by atomic mass is 16.5. The highest BCUT2D eigenvalue weighted by molar-refractivity contribution is 5.88. The third kappa shape index (κ3) is 4.77. The number of anilines is 1. The maximum absolute atomic E-state index is 11.9. The minimum absolute atomic E-state index is 0.0233. The first kappa shape index (κ1) is 20.5. The smallest absolute Gasteiger partial charge is 0.277 e. The van der Waals surface area contributed by atoms with Gasteiger partial charge in [0.25, 0.3) is 5.91 Å². The molecule has 2 aromatic carbocycles. The van der Waals surface area contributed by atoms with Crippen LogP contribution in [0.25, 0.3) is 5.57 Å². The lowest BCUT2D eigenvalue weighted by Gasteiger charge is -2.40. The van der Waals surface area contributed by atoms with Crippen molar-refractivity contribution in [3.05, 3.63) is 59.7 Å². The lowest BCUT2D eigenvalue weighted by molar-refractivity contribution is -0.123. The Hall–Kier alpha value is -3.28. The van der Waals surface area contributed by atoms with Gasteiger partial charge < -0.3 is 14.4 Å². The molecule has 0 unspecified atom stereocenters. The van der Waals surface area contributed by atoms with Crippen molar-refractivity contribution < 1.29 is 14.3 Å². The molecule has 0 fully saturated rings. The molecule has 0 saturated heterocycles. The van der Waals surface area contributed by atoms with Crippen LogP contribution in [0.15, 0.2) is 53.6 Å². The Morgan fingerprint density at radius 1 is 1.17 bits per heavy atom. The molecule has 0 bridgehead atoms. The lowest BCUT2D eigenvalue weighted by atomic mass is 9.89. The fourth-order valence-electron chi connectivity index (χ4n) is 3.29. The van der Waals surface area contributed by atoms with Crippen LogP contribution in [0.4, 0.5) is 5.69 Å². The number of rotatable bonds is 6. The van der Waals surface area contributed by atoms with E-state index < -0.39 is 0 Å². The van der Waals surface area contributed by atoms with E-state index in [9.17, 15) is 4.79 Å². The summed E-state index contributed by atoms with van der Waals surface area (Å²) in [6, 6.07) is 13.2. The van der Waals surface area contributed by atoms with Crippen LogP contribution in [-0.4, -0.2) is 38.4 Å². The highest BCUT2D eigenvalue weighted by Gasteiger charge is 2.28. The molecule has 1 N–H and O–H groups in total. The Morgan fingerprint density at radius 3 is 2.55 bits per heavy atom. The number of fused-ring (bicyclic) bond motifs is 1. The van der Waals surface area contributed by atoms with Gasteiger partial charge in [-0.15, -0.1) is 0 Å². The SMILES string of the molecule is COc1ccc(OCC(=O)N/N=C\c2ccc3c(c2)C(C)=CC(C)(C)N3C)cc1. The zero-order valence-corrected chi connectivity index (χ0v) is 17.5. The van der Waals surface area contributed by atoms with Crippen LogP contribution in [0.3, 0.4) is 0 Å². The van der Waals surface area contributed by atoms with Crippen LogP contribution in [0, 0.1) is 0 Å². The quantitative estimate of drug-likeness (QED) is 0.598. The fraction of sp³-hybridized carbons (Fsp3) is 0.304. The van der Waals surface area contributed by atoms with Crippen molar-refractivity contribution >= 4 is 23.4 Å². The molecular formula is C23H27N3O3. The van der Waals surface area contributed by atoms with E-state index in [2.05, 4.69) is 61.5 Å².